The van der Waals surface area contributed by atoms with Gasteiger partial charge in [-0.1, -0.05) is 127 Å². The number of aromatic nitrogens is 7. The Morgan fingerprint density at radius 1 is 0.411 bits per heavy atom. The van der Waals surface area contributed by atoms with Gasteiger partial charge in [-0.3, -0.25) is 14.5 Å². The number of nitrogens with one attached hydrogen (secondary N) is 2. The van der Waals surface area contributed by atoms with Crippen molar-refractivity contribution in [1.82, 2.24) is 34.7 Å². The molecule has 0 bridgehead atoms. The summed E-state index contributed by atoms with van der Waals surface area (Å²) >= 11 is 3.29. The molecule has 25 rings (SSSR count). The molecule has 0 fully saturated rings. The molecule has 0 amide bonds. The van der Waals surface area contributed by atoms with Crippen molar-refractivity contribution in [2.75, 3.05) is 0 Å². The number of aryl methyl sites for hydroxylation is 1. The molecular formula is C100H101N19O8S2. The molecule has 0 saturated carbocycles. The highest BCUT2D eigenvalue weighted by Crippen LogP contribution is 2.51. The van der Waals surface area contributed by atoms with E-state index >= 15 is 0 Å². The summed E-state index contributed by atoms with van der Waals surface area (Å²) in [4.78, 5) is 58.1. The van der Waals surface area contributed by atoms with Gasteiger partial charge in [0.05, 0.1) is 23.6 Å². The van der Waals surface area contributed by atoms with E-state index in [4.69, 9.17) is 62.8 Å². The van der Waals surface area contributed by atoms with Gasteiger partial charge in [0.15, 0.2) is 0 Å². The monoisotopic (exact) mass is 1760 g/mol. The van der Waals surface area contributed by atoms with E-state index in [2.05, 4.69) is 215 Å². The number of amidine groups is 6. The first-order valence-corrected chi connectivity index (χ1v) is 45.5. The van der Waals surface area contributed by atoms with Crippen molar-refractivity contribution in [3.8, 4) is 72.1 Å². The van der Waals surface area contributed by atoms with Gasteiger partial charge in [-0.2, -0.15) is 5.10 Å². The Balaban J connectivity index is 0.0000000971. The molecule has 0 saturated heterocycles. The Bertz CT molecular complexity index is 6720. The Kier molecular flexibility index (Phi) is 20.9. The highest BCUT2D eigenvalue weighted by molar-refractivity contribution is 7.13. The number of hydrogen-bond donors (Lipinski definition) is 9. The number of ether oxygens (including phenoxy) is 6. The lowest BCUT2D eigenvalue weighted by atomic mass is 9.90. The highest BCUT2D eigenvalue weighted by atomic mass is 32.1. The van der Waals surface area contributed by atoms with Gasteiger partial charge in [-0.15, -0.1) is 22.7 Å². The summed E-state index contributed by atoms with van der Waals surface area (Å²) in [7, 11) is 1.94. The number of H-pyrrole nitrogens is 2. The van der Waals surface area contributed by atoms with E-state index in [0.29, 0.717) is 24.1 Å². The van der Waals surface area contributed by atoms with Crippen molar-refractivity contribution in [2.24, 2.45) is 71.4 Å². The minimum Gasteiger partial charge on any atom is -0.506 e. The number of rotatable bonds is 6. The molecule has 6 spiro atoms. The fourth-order valence-electron chi connectivity index (χ4n) is 21.5. The highest BCUT2D eigenvalue weighted by Gasteiger charge is 2.54. The first kappa shape index (κ1) is 83.3. The minimum atomic E-state index is -0.314. The second-order valence-electron chi connectivity index (χ2n) is 35.9. The number of fused-ring (bicyclic) bond motifs is 7. The van der Waals surface area contributed by atoms with E-state index < -0.39 is 0 Å². The van der Waals surface area contributed by atoms with Gasteiger partial charge in [0.1, 0.15) is 80.6 Å². The summed E-state index contributed by atoms with van der Waals surface area (Å²) < 4.78 is 35.4. The second kappa shape index (κ2) is 32.4. The van der Waals surface area contributed by atoms with Gasteiger partial charge in [-0.25, -0.2) is 39.9 Å². The molecular weight excluding hydrogens is 1660 g/mol. The maximum absolute atomic E-state index is 11.6. The molecule has 12 atom stereocenters. The summed E-state index contributed by atoms with van der Waals surface area (Å²) in [5.74, 6) is 0.190. The zero-order valence-corrected chi connectivity index (χ0v) is 74.3. The van der Waals surface area contributed by atoms with E-state index in [9.17, 15) is 9.90 Å². The van der Waals surface area contributed by atoms with Gasteiger partial charge in [0.2, 0.25) is 5.56 Å². The molecule has 6 aliphatic heterocycles. The quantitative estimate of drug-likeness (QED) is 0.0746. The average molecular weight is 1760 g/mol. The lowest BCUT2D eigenvalue weighted by Crippen LogP contribution is -2.36. The number of nitrogens with two attached hydrogens (primary N) is 6. The fourth-order valence-corrected chi connectivity index (χ4v) is 22.7. The molecule has 6 aromatic heterocycles. The van der Waals surface area contributed by atoms with Crippen LogP contribution in [0.15, 0.2) is 246 Å². The molecule has 12 aliphatic rings. The van der Waals surface area contributed by atoms with E-state index in [1.54, 1.807) is 41.1 Å². The second-order valence-corrected chi connectivity index (χ2v) is 37.5. The van der Waals surface area contributed by atoms with Gasteiger partial charge in [0.25, 0.3) is 36.1 Å². The molecule has 7 aromatic carbocycles. The van der Waals surface area contributed by atoms with Crippen LogP contribution in [0.3, 0.4) is 0 Å². The number of aromatic amines is 2. The van der Waals surface area contributed by atoms with Crippen LogP contribution >= 0.6 is 22.7 Å². The number of benzene rings is 7. The number of thiazole rings is 2. The van der Waals surface area contributed by atoms with E-state index in [1.165, 1.54) is 106 Å². The van der Waals surface area contributed by atoms with Crippen molar-refractivity contribution in [3.63, 3.8) is 0 Å². The maximum atomic E-state index is 11.6. The average Bonchev–Trinajstić information content (AvgIpc) is 1.63. The Morgan fingerprint density at radius 3 is 1.19 bits per heavy atom. The van der Waals surface area contributed by atoms with E-state index in [-0.39, 0.29) is 93.2 Å². The number of nitrogens with zero attached hydrogens (tertiary/aromatic N) is 11. The summed E-state index contributed by atoms with van der Waals surface area (Å²) in [5.41, 5.74) is 64.1. The molecule has 0 radical (unpaired) electrons. The van der Waals surface area contributed by atoms with Crippen molar-refractivity contribution in [2.45, 2.75) is 188 Å². The molecule has 6 aliphatic carbocycles. The van der Waals surface area contributed by atoms with Crippen molar-refractivity contribution in [3.05, 3.63) is 288 Å². The predicted molar refractivity (Wildman–Crippen MR) is 505 cm³/mol. The minimum absolute atomic E-state index is 0.0146. The van der Waals surface area contributed by atoms with Crippen LogP contribution in [-0.4, -0.2) is 146 Å². The number of para-hydroxylation sites is 1. The van der Waals surface area contributed by atoms with Crippen LogP contribution in [0, 0.1) is 0 Å². The molecule has 129 heavy (non-hydrogen) atoms. The van der Waals surface area contributed by atoms with Crippen LogP contribution in [-0.2, 0) is 113 Å². The largest absolute Gasteiger partial charge is 0.506 e. The third-order valence-corrected chi connectivity index (χ3v) is 29.7. The fraction of sp³-hybridized carbons (Fsp3) is 0.310. The van der Waals surface area contributed by atoms with Gasteiger partial charge in [0, 0.05) is 171 Å². The smallest absolute Gasteiger partial charge is 0.282 e. The molecule has 27 nitrogen and oxygen atoms in total. The van der Waals surface area contributed by atoms with Gasteiger partial charge in [-0.05, 0) is 154 Å². The third-order valence-electron chi connectivity index (χ3n) is 28.3. The van der Waals surface area contributed by atoms with Crippen LogP contribution in [0.25, 0.3) is 77.2 Å². The molecule has 29 heteroatoms. The standard InChI is InChI=1S/C20H19N3O.2C17H17N3O2.C16H18N4O.2C15H15N3OS/c1-12-20(23-19(21)24-12)9-13-5-4-7-14(16(13)10-20)17-11-22-18-8-3-2-6-15(17)18;1-10-17(20-16(18)22-10)8-12-3-2-4-13(14(12)9-17)11-5-6-19-15(21)7-11;1-10-17(20-16(18)22-10)7-11-3-2-4-12(14(11)8-17)13-5-6-19-9-15(13)21;1-10-16(19-15(17)21-10)6-11-4-3-5-13(14(11)7-16)12-8-18-20(2)9-12;1-9-15(18-14(16)19-9)5-10-3-2-4-11(12(10)6-15)13-7-20-8-17-13;1-9-15(18-14(16)19-9)7-10-3-2-4-11(12(10)8-15)13-17-5-6-20-13/h2-8,11-12,22H,9-10H2,1H3,(H2,21,23);2-7,10H,8-9H2,1H3,(H2,18,20)(H,19,21);2-6,9-10,21H,7-8H2,1H3,(H2,18,20);3-5,8-10H,6-7H2,1-2H3,(H2,17,19);2-4,7-9H,5-6H2,1H3,(H2,16,18);2-6,9H,7-8H2,1H3,(H2,16,18)/t12-,20-;2*10-,17-;10-,16-;2*9-,15-/m111111/s1. The lowest BCUT2D eigenvalue weighted by molar-refractivity contribution is 0.157. The van der Waals surface area contributed by atoms with Gasteiger partial charge >= 0.3 is 0 Å². The molecule has 656 valence electrons. The summed E-state index contributed by atoms with van der Waals surface area (Å²) in [6, 6.07) is 53.8. The molecule has 13 aromatic rings. The molecule has 12 heterocycles. The first-order chi connectivity index (χ1) is 62.3. The number of aromatic hydroxyl groups is 1. The molecule has 15 N–H and O–H groups in total. The normalized spacial score (nSPS) is 26.3. The topological polar surface area (TPSA) is 411 Å². The lowest BCUT2D eigenvalue weighted by Gasteiger charge is -2.23. The maximum Gasteiger partial charge on any atom is 0.282 e. The predicted octanol–water partition coefficient (Wildman–Crippen LogP) is 13.5. The summed E-state index contributed by atoms with van der Waals surface area (Å²) in [6.45, 7) is 12.3. The van der Waals surface area contributed by atoms with Crippen LogP contribution in [0.2, 0.25) is 0 Å². The van der Waals surface area contributed by atoms with Crippen LogP contribution in [0.1, 0.15) is 108 Å². The summed E-state index contributed by atoms with van der Waals surface area (Å²) in [6.07, 6.45) is 23.0. The Labute approximate surface area is 753 Å². The summed E-state index contributed by atoms with van der Waals surface area (Å²) in [5, 5.41) is 20.8. The van der Waals surface area contributed by atoms with Gasteiger partial charge < -0.3 is 77.9 Å². The van der Waals surface area contributed by atoms with Crippen LogP contribution in [0.5, 0.6) is 5.75 Å². The van der Waals surface area contributed by atoms with E-state index in [1.807, 2.05) is 85.4 Å². The first-order valence-electron chi connectivity index (χ1n) is 43.7. The van der Waals surface area contributed by atoms with Crippen molar-refractivity contribution < 1.29 is 33.5 Å². The SMILES string of the molecule is C[C@H]1OC(N)=N[C@@]12Cc1cccc(-c3c[nH]c4ccccc34)c1C2.C[C@H]1OC(N)=N[C@@]12Cc1cccc(-c3cc[nH]c(=O)c3)c1C2.C[C@H]1OC(N)=N[C@@]12Cc1cccc(-c3ccncc3O)c1C2.C[C@H]1OC(N)=N[C@@]12Cc1cccc(-c3cnn(C)c3)c1C2.C[C@H]1OC(N)=N[C@@]12Cc1cccc(-c3cscn3)c1C2.C[C@H]1OC(N)=N[C@@]12Cc1cccc(-c3nccs3)c1C2. The van der Waals surface area contributed by atoms with Crippen LogP contribution < -0.4 is 40.0 Å². The third kappa shape index (κ3) is 15.1. The zero-order valence-electron chi connectivity index (χ0n) is 72.7. The van der Waals surface area contributed by atoms with Crippen molar-refractivity contribution >= 4 is 69.7 Å². The number of hydrogen-bond acceptors (Lipinski definition) is 26. The number of pyridine rings is 2. The Morgan fingerprint density at radius 2 is 0.806 bits per heavy atom. The number of aliphatic imine (C=N–C) groups is 6. The van der Waals surface area contributed by atoms with Crippen LogP contribution in [0.4, 0.5) is 0 Å². The Hall–Kier alpha value is -13.9. The van der Waals surface area contributed by atoms with Crippen molar-refractivity contribution in [1.29, 1.82) is 0 Å². The zero-order chi connectivity index (χ0) is 89.0. The molecule has 0 unspecified atom stereocenters. The van der Waals surface area contributed by atoms with E-state index in [0.717, 1.165) is 121 Å².